The Bertz CT molecular complexity index is 1320. The van der Waals surface area contributed by atoms with Crippen LogP contribution in [0.2, 0.25) is 0 Å². The van der Waals surface area contributed by atoms with Gasteiger partial charge in [0.05, 0.1) is 19.4 Å². The molecule has 3 aromatic heterocycles. The van der Waals surface area contributed by atoms with Crippen molar-refractivity contribution in [3.8, 4) is 5.75 Å². The number of aliphatic hydroxyl groups is 1. The fourth-order valence-electron chi connectivity index (χ4n) is 3.44. The summed E-state index contributed by atoms with van der Waals surface area (Å²) < 4.78 is 13.9. The van der Waals surface area contributed by atoms with Crippen LogP contribution in [0.3, 0.4) is 0 Å². The number of nitrogens with zero attached hydrogens (tertiary/aromatic N) is 3. The highest BCUT2D eigenvalue weighted by Gasteiger charge is 2.20. The zero-order valence-electron chi connectivity index (χ0n) is 17.9. The molecule has 0 fully saturated rings. The quantitative estimate of drug-likeness (QED) is 0.362. The maximum absolute atomic E-state index is 12.6. The van der Waals surface area contributed by atoms with Crippen LogP contribution in [0, 0.1) is 0 Å². The summed E-state index contributed by atoms with van der Waals surface area (Å²) in [6.07, 6.45) is 1.51. The first-order valence-electron chi connectivity index (χ1n) is 10.3. The van der Waals surface area contributed by atoms with Gasteiger partial charge in [0, 0.05) is 7.05 Å². The van der Waals surface area contributed by atoms with Crippen molar-refractivity contribution >= 4 is 17.1 Å². The van der Waals surface area contributed by atoms with Crippen molar-refractivity contribution in [1.29, 1.82) is 0 Å². The van der Waals surface area contributed by atoms with Gasteiger partial charge in [-0.15, -0.1) is 0 Å². The summed E-state index contributed by atoms with van der Waals surface area (Å²) in [6, 6.07) is 11.2. The lowest BCUT2D eigenvalue weighted by atomic mass is 10.2. The van der Waals surface area contributed by atoms with E-state index in [1.165, 1.54) is 11.6 Å². The lowest BCUT2D eigenvalue weighted by Crippen LogP contribution is -2.31. The molecular formula is C22H25N5O5. The molecule has 10 heteroatoms. The van der Waals surface area contributed by atoms with Gasteiger partial charge in [0.1, 0.15) is 24.2 Å². The minimum atomic E-state index is -0.932. The van der Waals surface area contributed by atoms with Crippen LogP contribution in [0.5, 0.6) is 5.75 Å². The van der Waals surface area contributed by atoms with Crippen molar-refractivity contribution in [2.45, 2.75) is 32.5 Å². The number of aliphatic hydroxyl groups excluding tert-OH is 1. The van der Waals surface area contributed by atoms with Crippen molar-refractivity contribution in [3.05, 3.63) is 74.8 Å². The summed E-state index contributed by atoms with van der Waals surface area (Å²) in [5.41, 5.74) is 0.384. The lowest BCUT2D eigenvalue weighted by Gasteiger charge is -2.16. The molecule has 1 atom stereocenters. The number of hydrogen-bond acceptors (Lipinski definition) is 7. The Hall–Kier alpha value is -3.79. The largest absolute Gasteiger partial charge is 0.491 e. The standard InChI is InChI=1S/C22H25N5O5/c1-3-14-6-4-7-16(10-14)32-13-15(28)12-27-18-19(26(2)22(30)25-20(18)29)24-21(27)23-11-17-8-5-9-31-17/h4-10,15,28H,3,11-13H2,1-2H3,(H,23,24)(H,25,29,30)/t15-/m1/s1. The number of anilines is 1. The second kappa shape index (κ2) is 9.15. The predicted octanol–water partition coefficient (Wildman–Crippen LogP) is 1.63. The minimum absolute atomic E-state index is 0.0220. The average Bonchev–Trinajstić information content (AvgIpc) is 3.43. The van der Waals surface area contributed by atoms with E-state index in [-0.39, 0.29) is 24.3 Å². The van der Waals surface area contributed by atoms with Gasteiger partial charge in [0.2, 0.25) is 5.95 Å². The van der Waals surface area contributed by atoms with E-state index in [0.29, 0.717) is 24.0 Å². The maximum atomic E-state index is 12.6. The Morgan fingerprint density at radius 3 is 2.88 bits per heavy atom. The number of aromatic nitrogens is 4. The molecule has 10 nitrogen and oxygen atoms in total. The number of aromatic amines is 1. The van der Waals surface area contributed by atoms with Gasteiger partial charge >= 0.3 is 5.69 Å². The molecule has 0 aliphatic rings. The molecule has 4 rings (SSSR count). The van der Waals surface area contributed by atoms with E-state index < -0.39 is 17.4 Å². The SMILES string of the molecule is CCc1cccc(OC[C@H](O)Cn2c(NCc3ccco3)nc3c2c(=O)[nH]c(=O)n3C)c1. The first kappa shape index (κ1) is 21.4. The van der Waals surface area contributed by atoms with E-state index >= 15 is 0 Å². The molecule has 0 aliphatic heterocycles. The van der Waals surface area contributed by atoms with Gasteiger partial charge in [-0.05, 0) is 36.2 Å². The van der Waals surface area contributed by atoms with Crippen LogP contribution in [-0.2, 0) is 26.6 Å². The summed E-state index contributed by atoms with van der Waals surface area (Å²) in [6.45, 7) is 2.43. The molecule has 0 aliphatic carbocycles. The summed E-state index contributed by atoms with van der Waals surface area (Å²) in [5, 5.41) is 13.8. The van der Waals surface area contributed by atoms with E-state index in [2.05, 4.69) is 22.2 Å². The maximum Gasteiger partial charge on any atom is 0.329 e. The number of rotatable bonds is 9. The highest BCUT2D eigenvalue weighted by molar-refractivity contribution is 5.74. The van der Waals surface area contributed by atoms with E-state index in [1.54, 1.807) is 23.0 Å². The monoisotopic (exact) mass is 439 g/mol. The molecule has 0 radical (unpaired) electrons. The van der Waals surface area contributed by atoms with Gasteiger partial charge in [0.25, 0.3) is 5.56 Å². The molecule has 0 amide bonds. The molecule has 0 bridgehead atoms. The van der Waals surface area contributed by atoms with E-state index in [1.807, 2.05) is 24.3 Å². The number of fused-ring (bicyclic) bond motifs is 1. The second-order valence-corrected chi connectivity index (χ2v) is 7.44. The number of hydrogen-bond donors (Lipinski definition) is 3. The highest BCUT2D eigenvalue weighted by Crippen LogP contribution is 2.18. The molecule has 0 unspecified atom stereocenters. The number of benzene rings is 1. The fraction of sp³-hybridized carbons (Fsp3) is 0.318. The lowest BCUT2D eigenvalue weighted by molar-refractivity contribution is 0.0938. The molecule has 168 valence electrons. The normalized spacial score (nSPS) is 12.2. The van der Waals surface area contributed by atoms with Crippen LogP contribution in [-0.4, -0.2) is 36.9 Å². The van der Waals surface area contributed by atoms with Crippen molar-refractivity contribution in [2.75, 3.05) is 11.9 Å². The predicted molar refractivity (Wildman–Crippen MR) is 119 cm³/mol. The molecule has 3 heterocycles. The smallest absolute Gasteiger partial charge is 0.329 e. The van der Waals surface area contributed by atoms with Gasteiger partial charge in [-0.3, -0.25) is 14.3 Å². The topological polar surface area (TPSA) is 127 Å². The zero-order valence-corrected chi connectivity index (χ0v) is 17.9. The number of ether oxygens (including phenoxy) is 1. The Kier molecular flexibility index (Phi) is 6.13. The Morgan fingerprint density at radius 2 is 2.12 bits per heavy atom. The average molecular weight is 439 g/mol. The van der Waals surface area contributed by atoms with Gasteiger partial charge in [-0.1, -0.05) is 19.1 Å². The highest BCUT2D eigenvalue weighted by atomic mass is 16.5. The van der Waals surface area contributed by atoms with Crippen LogP contribution in [0.4, 0.5) is 5.95 Å². The fourth-order valence-corrected chi connectivity index (χ4v) is 3.44. The summed E-state index contributed by atoms with van der Waals surface area (Å²) in [5.74, 6) is 1.66. The summed E-state index contributed by atoms with van der Waals surface area (Å²) in [7, 11) is 1.52. The molecule has 4 aromatic rings. The van der Waals surface area contributed by atoms with Crippen LogP contribution in [0.25, 0.3) is 11.2 Å². The van der Waals surface area contributed by atoms with Crippen LogP contribution in [0.15, 0.2) is 56.7 Å². The molecular weight excluding hydrogens is 414 g/mol. The molecule has 0 saturated heterocycles. The first-order valence-corrected chi connectivity index (χ1v) is 10.3. The van der Waals surface area contributed by atoms with Crippen molar-refractivity contribution in [3.63, 3.8) is 0 Å². The van der Waals surface area contributed by atoms with E-state index in [4.69, 9.17) is 9.15 Å². The number of imidazole rings is 1. The van der Waals surface area contributed by atoms with Crippen molar-refractivity contribution < 1.29 is 14.3 Å². The molecule has 0 spiro atoms. The number of H-pyrrole nitrogens is 1. The molecule has 1 aromatic carbocycles. The Balaban J connectivity index is 1.60. The zero-order chi connectivity index (χ0) is 22.7. The third kappa shape index (κ3) is 4.45. The third-order valence-electron chi connectivity index (χ3n) is 5.15. The second-order valence-electron chi connectivity index (χ2n) is 7.44. The molecule has 3 N–H and O–H groups in total. The van der Waals surface area contributed by atoms with Gasteiger partial charge in [-0.25, -0.2) is 4.79 Å². The van der Waals surface area contributed by atoms with Gasteiger partial charge < -0.3 is 24.1 Å². The van der Waals surface area contributed by atoms with Crippen molar-refractivity contribution in [2.24, 2.45) is 7.05 Å². The Morgan fingerprint density at radius 1 is 1.28 bits per heavy atom. The number of furan rings is 1. The van der Waals surface area contributed by atoms with Gasteiger partial charge in [0.15, 0.2) is 11.2 Å². The molecule has 0 saturated carbocycles. The Labute approximate surface area is 183 Å². The van der Waals surface area contributed by atoms with Crippen molar-refractivity contribution in [1.82, 2.24) is 19.1 Å². The summed E-state index contributed by atoms with van der Waals surface area (Å²) >= 11 is 0. The molecule has 32 heavy (non-hydrogen) atoms. The number of nitrogens with one attached hydrogen (secondary N) is 2. The van der Waals surface area contributed by atoms with E-state index in [0.717, 1.165) is 12.0 Å². The number of aryl methyl sites for hydroxylation is 2. The third-order valence-corrected chi connectivity index (χ3v) is 5.15. The van der Waals surface area contributed by atoms with Crippen LogP contribution in [0.1, 0.15) is 18.2 Å². The minimum Gasteiger partial charge on any atom is -0.491 e. The van der Waals surface area contributed by atoms with Crippen LogP contribution >= 0.6 is 0 Å². The summed E-state index contributed by atoms with van der Waals surface area (Å²) in [4.78, 5) is 31.3. The van der Waals surface area contributed by atoms with Crippen LogP contribution < -0.4 is 21.3 Å². The van der Waals surface area contributed by atoms with E-state index in [9.17, 15) is 14.7 Å². The van der Waals surface area contributed by atoms with Gasteiger partial charge in [-0.2, -0.15) is 4.98 Å². The first-order chi connectivity index (χ1) is 15.5.